The fraction of sp³-hybridized carbons (Fsp3) is 0.533. The first-order valence-electron chi connectivity index (χ1n) is 6.91. The van der Waals surface area contributed by atoms with Crippen molar-refractivity contribution in [3.05, 3.63) is 34.1 Å². The monoisotopic (exact) mass is 343 g/mol. The summed E-state index contributed by atoms with van der Waals surface area (Å²) in [5, 5.41) is 9.03. The van der Waals surface area contributed by atoms with Gasteiger partial charge in [0.05, 0.1) is 6.42 Å². The Hall–Kier alpha value is -0.940. The largest absolute Gasteiger partial charge is 0.481 e. The molecule has 1 N–H and O–H groups in total. The highest BCUT2D eigenvalue weighted by atomic mass is 79.9. The van der Waals surface area contributed by atoms with Crippen molar-refractivity contribution in [1.82, 2.24) is 4.90 Å². The number of hydrogen-bond donors (Lipinski definition) is 1. The predicted molar refractivity (Wildman–Crippen MR) is 79.1 cm³/mol. The van der Waals surface area contributed by atoms with Crippen LogP contribution in [0.5, 0.6) is 0 Å². The molecule has 0 aliphatic carbocycles. The third-order valence-corrected chi connectivity index (χ3v) is 4.48. The van der Waals surface area contributed by atoms with Gasteiger partial charge in [0.2, 0.25) is 0 Å². The van der Waals surface area contributed by atoms with Crippen LogP contribution in [0.15, 0.2) is 22.7 Å². The van der Waals surface area contributed by atoms with E-state index < -0.39 is 5.97 Å². The summed E-state index contributed by atoms with van der Waals surface area (Å²) in [5.74, 6) is -1.02. The lowest BCUT2D eigenvalue weighted by Gasteiger charge is -2.39. The van der Waals surface area contributed by atoms with E-state index in [-0.39, 0.29) is 24.3 Å². The number of rotatable bonds is 4. The fourth-order valence-corrected chi connectivity index (χ4v) is 3.35. The van der Waals surface area contributed by atoms with Gasteiger partial charge in [-0.2, -0.15) is 0 Å². The molecule has 110 valence electrons. The van der Waals surface area contributed by atoms with Gasteiger partial charge in [-0.05, 0) is 44.5 Å². The number of aliphatic carboxylic acids is 1. The SMILES string of the molecule is CC(c1cc(Br)ccc1F)N1CCCCC1CC(=O)O. The van der Waals surface area contributed by atoms with Gasteiger partial charge in [0.25, 0.3) is 0 Å². The molecule has 0 aromatic heterocycles. The predicted octanol–water partition coefficient (Wildman–Crippen LogP) is 3.98. The topological polar surface area (TPSA) is 40.5 Å². The molecule has 2 unspecified atom stereocenters. The van der Waals surface area contributed by atoms with Crippen LogP contribution < -0.4 is 0 Å². The van der Waals surface area contributed by atoms with Gasteiger partial charge >= 0.3 is 5.97 Å². The Kier molecular flexibility index (Phi) is 5.16. The summed E-state index contributed by atoms with van der Waals surface area (Å²) in [4.78, 5) is 13.1. The van der Waals surface area contributed by atoms with E-state index in [2.05, 4.69) is 20.8 Å². The number of nitrogens with zero attached hydrogens (tertiary/aromatic N) is 1. The van der Waals surface area contributed by atoms with E-state index in [1.54, 1.807) is 12.1 Å². The average molecular weight is 344 g/mol. The van der Waals surface area contributed by atoms with E-state index in [9.17, 15) is 9.18 Å². The Labute approximate surface area is 126 Å². The van der Waals surface area contributed by atoms with Crippen LogP contribution in [0.2, 0.25) is 0 Å². The molecule has 0 bridgehead atoms. The lowest BCUT2D eigenvalue weighted by Crippen LogP contribution is -2.42. The molecule has 2 rings (SSSR count). The van der Waals surface area contributed by atoms with Crippen molar-refractivity contribution >= 4 is 21.9 Å². The number of hydrogen-bond acceptors (Lipinski definition) is 2. The molecule has 20 heavy (non-hydrogen) atoms. The zero-order valence-electron chi connectivity index (χ0n) is 11.5. The number of likely N-dealkylation sites (tertiary alicyclic amines) is 1. The summed E-state index contributed by atoms with van der Waals surface area (Å²) >= 11 is 3.36. The summed E-state index contributed by atoms with van der Waals surface area (Å²) in [6.45, 7) is 2.77. The molecule has 1 heterocycles. The lowest BCUT2D eigenvalue weighted by atomic mass is 9.95. The second-order valence-corrected chi connectivity index (χ2v) is 6.24. The molecular formula is C15H19BrFNO2. The van der Waals surface area contributed by atoms with Crippen molar-refractivity contribution in [3.8, 4) is 0 Å². The highest BCUT2D eigenvalue weighted by Gasteiger charge is 2.30. The second kappa shape index (κ2) is 6.68. The van der Waals surface area contributed by atoms with Gasteiger partial charge in [-0.15, -0.1) is 0 Å². The van der Waals surface area contributed by atoms with Crippen LogP contribution in [0.25, 0.3) is 0 Å². The molecule has 0 amide bonds. The Morgan fingerprint density at radius 2 is 2.30 bits per heavy atom. The maximum Gasteiger partial charge on any atom is 0.304 e. The van der Waals surface area contributed by atoms with Crippen molar-refractivity contribution in [1.29, 1.82) is 0 Å². The van der Waals surface area contributed by atoms with E-state index in [4.69, 9.17) is 5.11 Å². The van der Waals surface area contributed by atoms with Crippen molar-refractivity contribution in [2.24, 2.45) is 0 Å². The van der Waals surface area contributed by atoms with Gasteiger partial charge in [-0.1, -0.05) is 22.4 Å². The Morgan fingerprint density at radius 3 is 3.00 bits per heavy atom. The van der Waals surface area contributed by atoms with E-state index in [0.29, 0.717) is 5.56 Å². The Morgan fingerprint density at radius 1 is 1.55 bits per heavy atom. The molecule has 0 saturated carbocycles. The average Bonchev–Trinajstić information content (AvgIpc) is 2.41. The quantitative estimate of drug-likeness (QED) is 0.898. The van der Waals surface area contributed by atoms with Crippen molar-refractivity contribution in [3.63, 3.8) is 0 Å². The summed E-state index contributed by atoms with van der Waals surface area (Å²) in [6.07, 6.45) is 3.07. The fourth-order valence-electron chi connectivity index (χ4n) is 2.97. The van der Waals surface area contributed by atoms with Crippen LogP contribution in [0.1, 0.15) is 44.2 Å². The molecule has 1 fully saturated rings. The molecule has 1 saturated heterocycles. The van der Waals surface area contributed by atoms with Crippen LogP contribution in [-0.2, 0) is 4.79 Å². The summed E-state index contributed by atoms with van der Waals surface area (Å²) in [5.41, 5.74) is 0.622. The summed E-state index contributed by atoms with van der Waals surface area (Å²) in [6, 6.07) is 4.79. The molecule has 3 nitrogen and oxygen atoms in total. The molecule has 2 atom stereocenters. The number of carboxylic acid groups (broad SMARTS) is 1. The van der Waals surface area contributed by atoms with Gasteiger partial charge in [0.15, 0.2) is 0 Å². The van der Waals surface area contributed by atoms with Crippen LogP contribution in [0.4, 0.5) is 4.39 Å². The minimum absolute atomic E-state index is 0.00497. The molecule has 0 spiro atoms. The third-order valence-electron chi connectivity index (χ3n) is 3.99. The smallest absolute Gasteiger partial charge is 0.304 e. The first kappa shape index (κ1) is 15.4. The van der Waals surface area contributed by atoms with Gasteiger partial charge in [0, 0.05) is 22.1 Å². The zero-order chi connectivity index (χ0) is 14.7. The maximum absolute atomic E-state index is 14.0. The van der Waals surface area contributed by atoms with Gasteiger partial charge < -0.3 is 5.11 Å². The van der Waals surface area contributed by atoms with E-state index in [1.807, 2.05) is 6.92 Å². The Bertz CT molecular complexity index is 495. The first-order chi connectivity index (χ1) is 9.49. The highest BCUT2D eigenvalue weighted by molar-refractivity contribution is 9.10. The highest BCUT2D eigenvalue weighted by Crippen LogP contribution is 2.32. The minimum atomic E-state index is -0.788. The van der Waals surface area contributed by atoms with E-state index in [1.165, 1.54) is 6.07 Å². The number of carboxylic acids is 1. The second-order valence-electron chi connectivity index (χ2n) is 5.33. The minimum Gasteiger partial charge on any atom is -0.481 e. The zero-order valence-corrected chi connectivity index (χ0v) is 13.1. The van der Waals surface area contributed by atoms with E-state index in [0.717, 1.165) is 30.3 Å². The van der Waals surface area contributed by atoms with Crippen LogP contribution in [-0.4, -0.2) is 28.6 Å². The van der Waals surface area contributed by atoms with Crippen LogP contribution >= 0.6 is 15.9 Å². The van der Waals surface area contributed by atoms with Crippen LogP contribution in [0, 0.1) is 5.82 Å². The van der Waals surface area contributed by atoms with Crippen molar-refractivity contribution in [2.75, 3.05) is 6.54 Å². The van der Waals surface area contributed by atoms with Gasteiger partial charge in [-0.25, -0.2) is 4.39 Å². The number of carbonyl (C=O) groups is 1. The molecule has 0 radical (unpaired) electrons. The first-order valence-corrected chi connectivity index (χ1v) is 7.71. The van der Waals surface area contributed by atoms with Gasteiger partial charge in [-0.3, -0.25) is 9.69 Å². The summed E-state index contributed by atoms with van der Waals surface area (Å²) in [7, 11) is 0. The third kappa shape index (κ3) is 3.58. The normalized spacial score (nSPS) is 21.6. The van der Waals surface area contributed by atoms with E-state index >= 15 is 0 Å². The number of halogens is 2. The molecule has 1 aliphatic rings. The lowest BCUT2D eigenvalue weighted by molar-refractivity contribution is -0.139. The van der Waals surface area contributed by atoms with Crippen molar-refractivity contribution in [2.45, 2.75) is 44.7 Å². The maximum atomic E-state index is 14.0. The molecule has 1 aromatic rings. The van der Waals surface area contributed by atoms with Gasteiger partial charge in [0.1, 0.15) is 5.82 Å². The molecule has 5 heteroatoms. The van der Waals surface area contributed by atoms with Crippen LogP contribution in [0.3, 0.4) is 0 Å². The standard InChI is InChI=1S/C15H19BrFNO2/c1-10(13-8-11(16)5-6-14(13)17)18-7-3-2-4-12(18)9-15(19)20/h5-6,8,10,12H,2-4,7,9H2,1H3,(H,19,20). The Balaban J connectivity index is 2.22. The molecule has 1 aliphatic heterocycles. The summed E-state index contributed by atoms with van der Waals surface area (Å²) < 4.78 is 14.8. The molecular weight excluding hydrogens is 325 g/mol. The number of benzene rings is 1. The molecule has 1 aromatic carbocycles. The number of piperidine rings is 1. The van der Waals surface area contributed by atoms with Crippen molar-refractivity contribution < 1.29 is 14.3 Å².